The summed E-state index contributed by atoms with van der Waals surface area (Å²) in [4.78, 5) is 0. The second kappa shape index (κ2) is 3.48. The van der Waals surface area contributed by atoms with Crippen LogP contribution in [0.1, 0.15) is 18.2 Å². The maximum absolute atomic E-state index is 8.69. The van der Waals surface area contributed by atoms with Crippen LogP contribution in [-0.4, -0.2) is 23.0 Å². The molecule has 4 nitrogen and oxygen atoms in total. The summed E-state index contributed by atoms with van der Waals surface area (Å²) in [6.07, 6.45) is 2.80. The molecule has 0 spiro atoms. The summed E-state index contributed by atoms with van der Waals surface area (Å²) in [7, 11) is 0. The van der Waals surface area contributed by atoms with Crippen molar-refractivity contribution in [1.29, 1.82) is 5.26 Å². The van der Waals surface area contributed by atoms with E-state index in [0.29, 0.717) is 18.3 Å². The van der Waals surface area contributed by atoms with E-state index in [1.54, 1.807) is 4.68 Å². The zero-order valence-corrected chi connectivity index (χ0v) is 8.49. The van der Waals surface area contributed by atoms with Crippen molar-refractivity contribution in [2.24, 2.45) is 0 Å². The summed E-state index contributed by atoms with van der Waals surface area (Å²) in [6.45, 7) is 1.48. The Hall–Kier alpha value is -0.860. The first-order chi connectivity index (χ1) is 6.31. The summed E-state index contributed by atoms with van der Waals surface area (Å²) < 4.78 is 7.79. The van der Waals surface area contributed by atoms with Gasteiger partial charge in [-0.3, -0.25) is 4.68 Å². The maximum atomic E-state index is 8.69. The number of nitriles is 1. The molecule has 13 heavy (non-hydrogen) atoms. The molecule has 0 aliphatic carbocycles. The van der Waals surface area contributed by atoms with Gasteiger partial charge in [-0.15, -0.1) is 0 Å². The van der Waals surface area contributed by atoms with Crippen LogP contribution in [0.2, 0.25) is 0 Å². The van der Waals surface area contributed by atoms with Gasteiger partial charge in [-0.05, 0) is 22.4 Å². The van der Waals surface area contributed by atoms with Crippen molar-refractivity contribution >= 4 is 15.9 Å². The van der Waals surface area contributed by atoms with Gasteiger partial charge in [0.25, 0.3) is 0 Å². The first-order valence-corrected chi connectivity index (χ1v) is 4.83. The van der Waals surface area contributed by atoms with Gasteiger partial charge in [0.05, 0.1) is 17.1 Å². The van der Waals surface area contributed by atoms with Crippen LogP contribution in [0.3, 0.4) is 0 Å². The van der Waals surface area contributed by atoms with Crippen LogP contribution in [0.4, 0.5) is 0 Å². The molecule has 0 aromatic carbocycles. The molecule has 1 aliphatic rings. The van der Waals surface area contributed by atoms with Crippen molar-refractivity contribution in [2.45, 2.75) is 12.5 Å². The second-order valence-electron chi connectivity index (χ2n) is 2.93. The molecule has 0 radical (unpaired) electrons. The van der Waals surface area contributed by atoms with E-state index in [0.717, 1.165) is 17.5 Å². The zero-order chi connectivity index (χ0) is 9.26. The lowest BCUT2D eigenvalue weighted by Gasteiger charge is -2.06. The van der Waals surface area contributed by atoms with E-state index < -0.39 is 0 Å². The van der Waals surface area contributed by atoms with Gasteiger partial charge in [-0.2, -0.15) is 10.4 Å². The third-order valence-corrected chi connectivity index (χ3v) is 2.65. The molecule has 1 aliphatic heterocycles. The number of hydrogen-bond donors (Lipinski definition) is 0. The Bertz CT molecular complexity index is 349. The predicted octanol–water partition coefficient (Wildman–Crippen LogP) is 1.48. The minimum Gasteiger partial charge on any atom is -0.379 e. The summed E-state index contributed by atoms with van der Waals surface area (Å²) in [5.41, 5.74) is 0.437. The van der Waals surface area contributed by atoms with Gasteiger partial charge in [0.15, 0.2) is 5.69 Å². The first-order valence-electron chi connectivity index (χ1n) is 4.04. The van der Waals surface area contributed by atoms with Crippen LogP contribution in [-0.2, 0) is 4.74 Å². The van der Waals surface area contributed by atoms with Crippen molar-refractivity contribution in [1.82, 2.24) is 9.78 Å². The fraction of sp³-hybridized carbons (Fsp3) is 0.500. The molecule has 1 saturated heterocycles. The highest BCUT2D eigenvalue weighted by molar-refractivity contribution is 9.10. The lowest BCUT2D eigenvalue weighted by molar-refractivity contribution is 0.184. The minimum atomic E-state index is 0.290. The van der Waals surface area contributed by atoms with Gasteiger partial charge in [-0.1, -0.05) is 0 Å². The summed E-state index contributed by atoms with van der Waals surface area (Å²) in [5.74, 6) is 0. The Labute approximate surface area is 84.2 Å². The summed E-state index contributed by atoms with van der Waals surface area (Å²) in [5, 5.41) is 12.8. The molecule has 2 heterocycles. The Morgan fingerprint density at radius 3 is 3.15 bits per heavy atom. The van der Waals surface area contributed by atoms with Crippen molar-refractivity contribution < 1.29 is 4.74 Å². The molecule has 68 valence electrons. The summed E-state index contributed by atoms with van der Waals surface area (Å²) in [6, 6.07) is 2.31. The van der Waals surface area contributed by atoms with Gasteiger partial charge in [-0.25, -0.2) is 0 Å². The molecule has 0 bridgehead atoms. The number of nitrogens with zero attached hydrogens (tertiary/aromatic N) is 3. The van der Waals surface area contributed by atoms with Crippen molar-refractivity contribution in [3.05, 3.63) is 16.4 Å². The molecule has 0 amide bonds. The van der Waals surface area contributed by atoms with Gasteiger partial charge in [0, 0.05) is 12.8 Å². The highest BCUT2D eigenvalue weighted by Crippen LogP contribution is 2.22. The molecule has 0 saturated carbocycles. The van der Waals surface area contributed by atoms with E-state index >= 15 is 0 Å². The molecule has 1 fully saturated rings. The fourth-order valence-corrected chi connectivity index (χ4v) is 1.74. The molecule has 1 unspecified atom stereocenters. The van der Waals surface area contributed by atoms with Gasteiger partial charge in [0.1, 0.15) is 6.07 Å². The summed E-state index contributed by atoms with van der Waals surface area (Å²) >= 11 is 3.28. The minimum absolute atomic E-state index is 0.290. The largest absolute Gasteiger partial charge is 0.379 e. The second-order valence-corrected chi connectivity index (χ2v) is 3.79. The highest BCUT2D eigenvalue weighted by atomic mass is 79.9. The quantitative estimate of drug-likeness (QED) is 0.749. The van der Waals surface area contributed by atoms with E-state index in [1.807, 2.05) is 12.3 Å². The van der Waals surface area contributed by atoms with Crippen LogP contribution in [0.15, 0.2) is 10.7 Å². The highest BCUT2D eigenvalue weighted by Gasteiger charge is 2.19. The Morgan fingerprint density at radius 1 is 1.77 bits per heavy atom. The number of ether oxygens (including phenoxy) is 1. The SMILES string of the molecule is N#Cc1nn(C2CCOC2)cc1Br. The topological polar surface area (TPSA) is 50.8 Å². The predicted molar refractivity (Wildman–Crippen MR) is 49.1 cm³/mol. The Balaban J connectivity index is 2.26. The zero-order valence-electron chi connectivity index (χ0n) is 6.90. The van der Waals surface area contributed by atoms with Crippen molar-refractivity contribution in [3.63, 3.8) is 0 Å². The number of rotatable bonds is 1. The first kappa shape index (κ1) is 8.73. The van der Waals surface area contributed by atoms with Crippen LogP contribution in [0, 0.1) is 11.3 Å². The molecule has 5 heteroatoms. The molecule has 2 rings (SSSR count). The smallest absolute Gasteiger partial charge is 0.176 e. The average molecular weight is 242 g/mol. The van der Waals surface area contributed by atoms with E-state index in [1.165, 1.54) is 0 Å². The van der Waals surface area contributed by atoms with E-state index in [2.05, 4.69) is 21.0 Å². The normalized spacial score (nSPS) is 21.7. The molecular formula is C8H8BrN3O. The molecule has 1 atom stereocenters. The van der Waals surface area contributed by atoms with Crippen molar-refractivity contribution in [3.8, 4) is 6.07 Å². The molecule has 1 aromatic rings. The molecular weight excluding hydrogens is 234 g/mol. The monoisotopic (exact) mass is 241 g/mol. The number of halogens is 1. The average Bonchev–Trinajstić information content (AvgIpc) is 2.71. The Morgan fingerprint density at radius 2 is 2.62 bits per heavy atom. The number of hydrogen-bond acceptors (Lipinski definition) is 3. The van der Waals surface area contributed by atoms with Crippen LogP contribution in [0.5, 0.6) is 0 Å². The van der Waals surface area contributed by atoms with Gasteiger partial charge in [0.2, 0.25) is 0 Å². The fourth-order valence-electron chi connectivity index (χ4n) is 1.36. The van der Waals surface area contributed by atoms with Crippen LogP contribution >= 0.6 is 15.9 Å². The number of aromatic nitrogens is 2. The van der Waals surface area contributed by atoms with Crippen LogP contribution in [0.25, 0.3) is 0 Å². The molecule has 1 aromatic heterocycles. The Kier molecular flexibility index (Phi) is 2.34. The third-order valence-electron chi connectivity index (χ3n) is 2.07. The molecule has 0 N–H and O–H groups in total. The standard InChI is InChI=1S/C8H8BrN3O/c9-7-4-12(11-8(7)3-10)6-1-2-13-5-6/h4,6H,1-2,5H2. The third kappa shape index (κ3) is 1.60. The van der Waals surface area contributed by atoms with Gasteiger partial charge < -0.3 is 4.74 Å². The van der Waals surface area contributed by atoms with Gasteiger partial charge >= 0.3 is 0 Å². The maximum Gasteiger partial charge on any atom is 0.176 e. The lowest BCUT2D eigenvalue weighted by Crippen LogP contribution is -2.09. The van der Waals surface area contributed by atoms with E-state index in [4.69, 9.17) is 10.00 Å². The van der Waals surface area contributed by atoms with E-state index in [9.17, 15) is 0 Å². The van der Waals surface area contributed by atoms with Crippen LogP contribution < -0.4 is 0 Å². The van der Waals surface area contributed by atoms with E-state index in [-0.39, 0.29) is 0 Å². The lowest BCUT2D eigenvalue weighted by atomic mass is 10.3. The van der Waals surface area contributed by atoms with Crippen molar-refractivity contribution in [2.75, 3.05) is 13.2 Å².